The number of hydrogen-bond donors (Lipinski definition) is 1. The third kappa shape index (κ3) is 6.75. The molecular weight excluding hydrogens is 535 g/mol. The molecule has 1 aliphatic rings. The van der Waals surface area contributed by atoms with Crippen LogP contribution in [0, 0.1) is 6.92 Å². The van der Waals surface area contributed by atoms with E-state index in [4.69, 9.17) is 4.98 Å². The number of benzene rings is 2. The maximum atomic E-state index is 14.0. The Morgan fingerprint density at radius 3 is 2.58 bits per heavy atom. The van der Waals surface area contributed by atoms with E-state index in [2.05, 4.69) is 15.2 Å². The normalized spacial score (nSPS) is 14.8. The molecular formula is C30H30F3N5OS. The summed E-state index contributed by atoms with van der Waals surface area (Å²) < 4.78 is 41.9. The summed E-state index contributed by atoms with van der Waals surface area (Å²) in [6.07, 6.45) is -0.506. The van der Waals surface area contributed by atoms with Crippen molar-refractivity contribution in [1.82, 2.24) is 19.8 Å². The minimum Gasteiger partial charge on any atom is -0.322 e. The zero-order chi connectivity index (χ0) is 28.3. The van der Waals surface area contributed by atoms with E-state index in [-0.39, 0.29) is 17.7 Å². The SMILES string of the molecule is Cc1ccc(NC(=O)c2ccc(CN3CCN(C)CC3)c(C(F)(F)F)c2)cc1Cc1nc(-c2cccnc2)cs1. The van der Waals surface area contributed by atoms with Gasteiger partial charge in [-0.1, -0.05) is 12.1 Å². The number of aromatic nitrogens is 2. The number of anilines is 1. The molecule has 2 aromatic heterocycles. The second-order valence-electron chi connectivity index (χ2n) is 10.1. The second kappa shape index (κ2) is 11.9. The van der Waals surface area contributed by atoms with Crippen molar-refractivity contribution in [2.75, 3.05) is 38.5 Å². The van der Waals surface area contributed by atoms with E-state index in [0.717, 1.165) is 46.5 Å². The zero-order valence-electron chi connectivity index (χ0n) is 22.3. The molecule has 208 valence electrons. The van der Waals surface area contributed by atoms with E-state index in [1.807, 2.05) is 48.5 Å². The fraction of sp³-hybridized carbons (Fsp3) is 0.300. The maximum Gasteiger partial charge on any atom is 0.416 e. The van der Waals surface area contributed by atoms with E-state index in [9.17, 15) is 18.0 Å². The summed E-state index contributed by atoms with van der Waals surface area (Å²) in [4.78, 5) is 26.1. The molecule has 6 nitrogen and oxygen atoms in total. The van der Waals surface area contributed by atoms with Gasteiger partial charge in [0.2, 0.25) is 0 Å². The monoisotopic (exact) mass is 565 g/mol. The standard InChI is InChI=1S/C30H30F3N5OS/c1-20-5-8-25(14-24(20)16-28-36-27(19-40-28)22-4-3-9-34-17-22)35-29(39)21-6-7-23(26(15-21)30(31,32)33)18-38-12-10-37(2)11-13-38/h3-9,14-15,17,19H,10-13,16,18H2,1-2H3,(H,35,39). The number of rotatable bonds is 7. The Morgan fingerprint density at radius 2 is 1.85 bits per heavy atom. The van der Waals surface area contributed by atoms with Crippen molar-refractivity contribution in [2.24, 2.45) is 0 Å². The van der Waals surface area contributed by atoms with Crippen LogP contribution < -0.4 is 5.32 Å². The first-order valence-corrected chi connectivity index (χ1v) is 13.9. The van der Waals surface area contributed by atoms with E-state index >= 15 is 0 Å². The van der Waals surface area contributed by atoms with Gasteiger partial charge in [0.05, 0.1) is 16.3 Å². The molecule has 1 saturated heterocycles. The van der Waals surface area contributed by atoms with Crippen LogP contribution in [0.1, 0.15) is 37.6 Å². The van der Waals surface area contributed by atoms with Gasteiger partial charge < -0.3 is 10.2 Å². The number of halogens is 3. The molecule has 1 amide bonds. The molecule has 0 unspecified atom stereocenters. The largest absolute Gasteiger partial charge is 0.416 e. The molecule has 1 N–H and O–H groups in total. The quantitative estimate of drug-likeness (QED) is 0.293. The van der Waals surface area contributed by atoms with Crippen molar-refractivity contribution >= 4 is 22.9 Å². The van der Waals surface area contributed by atoms with Crippen LogP contribution in [0.4, 0.5) is 18.9 Å². The minimum absolute atomic E-state index is 0.0300. The summed E-state index contributed by atoms with van der Waals surface area (Å²) in [6, 6.07) is 13.2. The number of hydrogen-bond acceptors (Lipinski definition) is 6. The van der Waals surface area contributed by atoms with Gasteiger partial charge in [0.15, 0.2) is 0 Å². The van der Waals surface area contributed by atoms with Crippen molar-refractivity contribution in [1.29, 1.82) is 0 Å². The van der Waals surface area contributed by atoms with Crippen LogP contribution in [-0.4, -0.2) is 58.9 Å². The number of thiazole rings is 1. The predicted octanol–water partition coefficient (Wildman–Crippen LogP) is 6.12. The van der Waals surface area contributed by atoms with Gasteiger partial charge >= 0.3 is 6.18 Å². The number of carbonyl (C=O) groups is 1. The number of aryl methyl sites for hydroxylation is 1. The minimum atomic E-state index is -4.56. The Morgan fingerprint density at radius 1 is 1.05 bits per heavy atom. The fourth-order valence-corrected chi connectivity index (χ4v) is 5.54. The van der Waals surface area contributed by atoms with E-state index in [0.29, 0.717) is 25.2 Å². The Balaban J connectivity index is 1.31. The van der Waals surface area contributed by atoms with Crippen LogP contribution >= 0.6 is 11.3 Å². The molecule has 40 heavy (non-hydrogen) atoms. The van der Waals surface area contributed by atoms with Gasteiger partial charge in [-0.2, -0.15) is 13.2 Å². The predicted molar refractivity (Wildman–Crippen MR) is 152 cm³/mol. The van der Waals surface area contributed by atoms with Crippen molar-refractivity contribution in [2.45, 2.75) is 26.1 Å². The highest BCUT2D eigenvalue weighted by molar-refractivity contribution is 7.10. The van der Waals surface area contributed by atoms with Crippen LogP contribution in [-0.2, 0) is 19.1 Å². The number of nitrogens with one attached hydrogen (secondary N) is 1. The maximum absolute atomic E-state index is 14.0. The lowest BCUT2D eigenvalue weighted by molar-refractivity contribution is -0.138. The molecule has 0 spiro atoms. The summed E-state index contributed by atoms with van der Waals surface area (Å²) in [5.74, 6) is -0.584. The lowest BCUT2D eigenvalue weighted by atomic mass is 10.0. The van der Waals surface area contributed by atoms with E-state index < -0.39 is 17.6 Å². The molecule has 0 bridgehead atoms. The number of amides is 1. The van der Waals surface area contributed by atoms with Gasteiger partial charge in [0.1, 0.15) is 0 Å². The van der Waals surface area contributed by atoms with Gasteiger partial charge in [-0.05, 0) is 67.1 Å². The lowest BCUT2D eigenvalue weighted by Gasteiger charge is -2.33. The molecule has 10 heteroatoms. The third-order valence-corrected chi connectivity index (χ3v) is 7.97. The smallest absolute Gasteiger partial charge is 0.322 e. The molecule has 2 aromatic carbocycles. The van der Waals surface area contributed by atoms with E-state index in [1.165, 1.54) is 12.1 Å². The first-order valence-electron chi connectivity index (χ1n) is 13.0. The van der Waals surface area contributed by atoms with Crippen LogP contribution in [0.25, 0.3) is 11.3 Å². The number of likely N-dealkylation sites (N-methyl/N-ethyl adjacent to an activating group) is 1. The Kier molecular flexibility index (Phi) is 8.30. The van der Waals surface area contributed by atoms with Crippen LogP contribution in [0.3, 0.4) is 0 Å². The van der Waals surface area contributed by atoms with Crippen molar-refractivity contribution in [3.8, 4) is 11.3 Å². The molecule has 1 fully saturated rings. The van der Waals surface area contributed by atoms with Crippen LogP contribution in [0.2, 0.25) is 0 Å². The summed E-state index contributed by atoms with van der Waals surface area (Å²) in [5.41, 5.74) is 3.70. The third-order valence-electron chi connectivity index (χ3n) is 7.13. The molecule has 4 aromatic rings. The molecule has 5 rings (SSSR count). The summed E-state index contributed by atoms with van der Waals surface area (Å²) in [6.45, 7) is 5.22. The second-order valence-corrected chi connectivity index (χ2v) is 11.0. The molecule has 1 aliphatic heterocycles. The zero-order valence-corrected chi connectivity index (χ0v) is 23.1. The number of carbonyl (C=O) groups excluding carboxylic acids is 1. The topological polar surface area (TPSA) is 61.4 Å². The summed E-state index contributed by atoms with van der Waals surface area (Å²) in [5, 5.41) is 5.68. The highest BCUT2D eigenvalue weighted by Crippen LogP contribution is 2.34. The van der Waals surface area contributed by atoms with Crippen molar-refractivity contribution in [3.63, 3.8) is 0 Å². The molecule has 0 saturated carbocycles. The molecule has 3 heterocycles. The van der Waals surface area contributed by atoms with E-state index in [1.54, 1.807) is 29.8 Å². The lowest BCUT2D eigenvalue weighted by Crippen LogP contribution is -2.44. The molecule has 0 aliphatic carbocycles. The number of nitrogens with zero attached hydrogens (tertiary/aromatic N) is 4. The number of piperazine rings is 1. The van der Waals surface area contributed by atoms with Gasteiger partial charge in [-0.15, -0.1) is 11.3 Å². The van der Waals surface area contributed by atoms with Gasteiger partial charge in [-0.3, -0.25) is 14.7 Å². The molecule has 0 radical (unpaired) electrons. The first-order chi connectivity index (χ1) is 19.2. The van der Waals surface area contributed by atoms with Crippen molar-refractivity contribution < 1.29 is 18.0 Å². The fourth-order valence-electron chi connectivity index (χ4n) is 4.71. The van der Waals surface area contributed by atoms with Gasteiger partial charge in [-0.25, -0.2) is 4.98 Å². The van der Waals surface area contributed by atoms with Gasteiger partial charge in [0.25, 0.3) is 5.91 Å². The van der Waals surface area contributed by atoms with Gasteiger partial charge in [0, 0.05) is 73.7 Å². The average molecular weight is 566 g/mol. The summed E-state index contributed by atoms with van der Waals surface area (Å²) >= 11 is 1.54. The Labute approximate surface area is 235 Å². The van der Waals surface area contributed by atoms with Crippen LogP contribution in [0.5, 0.6) is 0 Å². The highest BCUT2D eigenvalue weighted by atomic mass is 32.1. The number of pyridine rings is 1. The Bertz CT molecular complexity index is 1480. The van der Waals surface area contributed by atoms with Crippen LogP contribution in [0.15, 0.2) is 66.3 Å². The highest BCUT2D eigenvalue weighted by Gasteiger charge is 2.34. The number of alkyl halides is 3. The first kappa shape index (κ1) is 27.9. The summed E-state index contributed by atoms with van der Waals surface area (Å²) in [7, 11) is 2.00. The Hall–Kier alpha value is -3.60. The van der Waals surface area contributed by atoms with Crippen molar-refractivity contribution in [3.05, 3.63) is 99.1 Å². The average Bonchev–Trinajstić information content (AvgIpc) is 3.40. The molecule has 0 atom stereocenters.